The molecule has 164 valence electrons. The minimum Gasteiger partial charge on any atom is -0.352 e. The van der Waals surface area contributed by atoms with Crippen LogP contribution in [-0.2, 0) is 12.7 Å². The molecular formula is C22H22F4N4O. The first-order valence-electron chi connectivity index (χ1n) is 9.68. The molecule has 5 nitrogen and oxygen atoms in total. The molecule has 0 aliphatic rings. The lowest BCUT2D eigenvalue weighted by molar-refractivity contribution is -0.143. The molecule has 9 heteroatoms. The van der Waals surface area contributed by atoms with Crippen molar-refractivity contribution in [3.8, 4) is 5.69 Å². The lowest BCUT2D eigenvalue weighted by Crippen LogP contribution is -2.29. The number of halogens is 4. The van der Waals surface area contributed by atoms with Gasteiger partial charge >= 0.3 is 6.18 Å². The van der Waals surface area contributed by atoms with Crippen LogP contribution < -0.4 is 5.32 Å². The Hall–Kier alpha value is -3.20. The zero-order chi connectivity index (χ0) is 22.4. The molecule has 0 fully saturated rings. The molecule has 0 aliphatic carbocycles. The highest BCUT2D eigenvalue weighted by atomic mass is 19.4. The van der Waals surface area contributed by atoms with Gasteiger partial charge in [-0.1, -0.05) is 42.5 Å². The number of para-hydroxylation sites is 1. The Morgan fingerprint density at radius 1 is 1.10 bits per heavy atom. The van der Waals surface area contributed by atoms with Gasteiger partial charge in [0, 0.05) is 13.1 Å². The molecule has 2 aromatic carbocycles. The number of hydrogen-bond donors (Lipinski definition) is 1. The Morgan fingerprint density at radius 3 is 2.45 bits per heavy atom. The topological polar surface area (TPSA) is 50.2 Å². The van der Waals surface area contributed by atoms with E-state index < -0.39 is 29.2 Å². The first-order valence-corrected chi connectivity index (χ1v) is 9.68. The summed E-state index contributed by atoms with van der Waals surface area (Å²) in [5.74, 6) is -1.77. The molecule has 1 amide bonds. The van der Waals surface area contributed by atoms with Crippen molar-refractivity contribution in [2.24, 2.45) is 0 Å². The summed E-state index contributed by atoms with van der Waals surface area (Å²) < 4.78 is 55.4. The number of nitrogens with one attached hydrogen (secondary N) is 1. The van der Waals surface area contributed by atoms with Gasteiger partial charge in [0.2, 0.25) is 0 Å². The second-order valence-corrected chi connectivity index (χ2v) is 7.10. The molecule has 1 aromatic heterocycles. The van der Waals surface area contributed by atoms with Gasteiger partial charge in [-0.15, -0.1) is 0 Å². The fraction of sp³-hybridized carbons (Fsp3) is 0.273. The Kier molecular flexibility index (Phi) is 7.06. The molecular weight excluding hydrogens is 412 g/mol. The molecule has 3 aromatic rings. The fourth-order valence-corrected chi connectivity index (χ4v) is 3.21. The van der Waals surface area contributed by atoms with Crippen molar-refractivity contribution in [2.45, 2.75) is 19.1 Å². The second kappa shape index (κ2) is 9.74. The number of carbonyl (C=O) groups excluding carboxylic acids is 1. The predicted octanol–water partition coefficient (Wildman–Crippen LogP) is 4.28. The van der Waals surface area contributed by atoms with E-state index in [9.17, 15) is 22.4 Å². The number of rotatable bonds is 8. The maximum Gasteiger partial charge on any atom is 0.434 e. The SMILES string of the molecule is CN(CCCNC(=O)c1cnn(-c2ccccc2F)c1C(F)(F)F)Cc1ccccc1. The maximum absolute atomic E-state index is 14.0. The molecule has 1 heterocycles. The van der Waals surface area contributed by atoms with Crippen molar-refractivity contribution in [1.29, 1.82) is 0 Å². The van der Waals surface area contributed by atoms with Crippen LogP contribution in [0.4, 0.5) is 17.6 Å². The van der Waals surface area contributed by atoms with E-state index in [-0.39, 0.29) is 12.2 Å². The average Bonchev–Trinajstić information content (AvgIpc) is 3.18. The number of aromatic nitrogens is 2. The first kappa shape index (κ1) is 22.5. The molecule has 0 spiro atoms. The minimum atomic E-state index is -4.89. The number of nitrogens with zero attached hydrogens (tertiary/aromatic N) is 3. The molecule has 0 saturated heterocycles. The van der Waals surface area contributed by atoms with Gasteiger partial charge in [-0.25, -0.2) is 9.07 Å². The Morgan fingerprint density at radius 2 is 1.77 bits per heavy atom. The van der Waals surface area contributed by atoms with Gasteiger partial charge in [0.25, 0.3) is 5.91 Å². The summed E-state index contributed by atoms with van der Waals surface area (Å²) in [5, 5.41) is 6.12. The number of benzene rings is 2. The van der Waals surface area contributed by atoms with Crippen molar-refractivity contribution in [2.75, 3.05) is 20.1 Å². The van der Waals surface area contributed by atoms with E-state index in [1.807, 2.05) is 37.4 Å². The molecule has 31 heavy (non-hydrogen) atoms. The summed E-state index contributed by atoms with van der Waals surface area (Å²) in [7, 11) is 1.93. The van der Waals surface area contributed by atoms with Gasteiger partial charge < -0.3 is 10.2 Å². The van der Waals surface area contributed by atoms with Gasteiger partial charge in [-0.3, -0.25) is 4.79 Å². The van der Waals surface area contributed by atoms with Crippen LogP contribution in [0.1, 0.15) is 28.0 Å². The highest BCUT2D eigenvalue weighted by Gasteiger charge is 2.40. The van der Waals surface area contributed by atoms with Gasteiger partial charge in [0.1, 0.15) is 11.5 Å². The van der Waals surface area contributed by atoms with Crippen molar-refractivity contribution in [1.82, 2.24) is 20.0 Å². The van der Waals surface area contributed by atoms with E-state index in [4.69, 9.17) is 0 Å². The van der Waals surface area contributed by atoms with Crippen molar-refractivity contribution in [3.63, 3.8) is 0 Å². The van der Waals surface area contributed by atoms with Crippen LogP contribution in [0.2, 0.25) is 0 Å². The minimum absolute atomic E-state index is 0.195. The Balaban J connectivity index is 1.63. The Labute approximate surface area is 177 Å². The highest BCUT2D eigenvalue weighted by Crippen LogP contribution is 2.34. The maximum atomic E-state index is 14.0. The van der Waals surface area contributed by atoms with Crippen LogP contribution in [-0.4, -0.2) is 40.7 Å². The summed E-state index contributed by atoms with van der Waals surface area (Å²) in [4.78, 5) is 14.5. The van der Waals surface area contributed by atoms with Crippen LogP contribution >= 0.6 is 0 Å². The van der Waals surface area contributed by atoms with Crippen LogP contribution in [0.5, 0.6) is 0 Å². The molecule has 0 bridgehead atoms. The van der Waals surface area contributed by atoms with Crippen molar-refractivity contribution in [3.05, 3.63) is 83.4 Å². The number of carbonyl (C=O) groups is 1. The zero-order valence-electron chi connectivity index (χ0n) is 16.9. The lowest BCUT2D eigenvalue weighted by Gasteiger charge is -2.17. The summed E-state index contributed by atoms with van der Waals surface area (Å²) in [5.41, 5.74) is -1.19. The number of amides is 1. The summed E-state index contributed by atoms with van der Waals surface area (Å²) in [6.07, 6.45) is -3.52. The normalized spacial score (nSPS) is 11.7. The molecule has 0 radical (unpaired) electrons. The van der Waals surface area contributed by atoms with E-state index in [1.54, 1.807) is 0 Å². The summed E-state index contributed by atoms with van der Waals surface area (Å²) in [6, 6.07) is 14.8. The second-order valence-electron chi connectivity index (χ2n) is 7.10. The van der Waals surface area contributed by atoms with Gasteiger partial charge in [0.15, 0.2) is 5.69 Å². The lowest BCUT2D eigenvalue weighted by atomic mass is 10.2. The first-order chi connectivity index (χ1) is 14.8. The quantitative estimate of drug-likeness (QED) is 0.425. The third kappa shape index (κ3) is 5.69. The summed E-state index contributed by atoms with van der Waals surface area (Å²) in [6.45, 7) is 1.57. The summed E-state index contributed by atoms with van der Waals surface area (Å²) >= 11 is 0. The zero-order valence-corrected chi connectivity index (χ0v) is 16.9. The third-order valence-corrected chi connectivity index (χ3v) is 4.66. The predicted molar refractivity (Wildman–Crippen MR) is 108 cm³/mol. The number of alkyl halides is 3. The van der Waals surface area contributed by atoms with Crippen LogP contribution in [0, 0.1) is 5.82 Å². The fourth-order valence-electron chi connectivity index (χ4n) is 3.21. The molecule has 1 N–H and O–H groups in total. The standard InChI is InChI=1S/C22H22F4N4O/c1-29(15-16-8-3-2-4-9-16)13-7-12-27-21(31)17-14-28-30(20(17)22(24,25)26)19-11-6-5-10-18(19)23/h2-6,8-11,14H,7,12-13,15H2,1H3,(H,27,31). The van der Waals surface area contributed by atoms with E-state index in [0.29, 0.717) is 17.6 Å². The highest BCUT2D eigenvalue weighted by molar-refractivity contribution is 5.95. The van der Waals surface area contributed by atoms with E-state index in [2.05, 4.69) is 15.3 Å². The van der Waals surface area contributed by atoms with E-state index in [0.717, 1.165) is 24.4 Å². The van der Waals surface area contributed by atoms with Gasteiger partial charge in [-0.2, -0.15) is 18.3 Å². The molecule has 0 atom stereocenters. The van der Waals surface area contributed by atoms with Gasteiger partial charge in [-0.05, 0) is 37.7 Å². The smallest absolute Gasteiger partial charge is 0.352 e. The monoisotopic (exact) mass is 434 g/mol. The molecule has 0 aliphatic heterocycles. The largest absolute Gasteiger partial charge is 0.434 e. The van der Waals surface area contributed by atoms with Crippen LogP contribution in [0.25, 0.3) is 5.69 Å². The average molecular weight is 434 g/mol. The molecule has 3 rings (SSSR count). The molecule has 0 saturated carbocycles. The Bertz CT molecular complexity index is 1020. The van der Waals surface area contributed by atoms with E-state index >= 15 is 0 Å². The number of hydrogen-bond acceptors (Lipinski definition) is 3. The van der Waals surface area contributed by atoms with Crippen molar-refractivity contribution < 1.29 is 22.4 Å². The third-order valence-electron chi connectivity index (χ3n) is 4.66. The van der Waals surface area contributed by atoms with Gasteiger partial charge in [0.05, 0.1) is 11.8 Å². The van der Waals surface area contributed by atoms with Crippen molar-refractivity contribution >= 4 is 5.91 Å². The molecule has 0 unspecified atom stereocenters. The van der Waals surface area contributed by atoms with E-state index in [1.165, 1.54) is 18.2 Å². The van der Waals surface area contributed by atoms with Crippen LogP contribution in [0.15, 0.2) is 60.8 Å². The van der Waals surface area contributed by atoms with Crippen LogP contribution in [0.3, 0.4) is 0 Å².